The number of rotatable bonds is 9. The van der Waals surface area contributed by atoms with Gasteiger partial charge >= 0.3 is 0 Å². The normalized spacial score (nSPS) is 16.0. The van der Waals surface area contributed by atoms with Gasteiger partial charge in [0, 0.05) is 23.1 Å². The minimum atomic E-state index is 0.0484. The molecule has 0 spiro atoms. The number of nitrogens with two attached hydrogens (primary N) is 1. The Hall–Kier alpha value is -0.570. The summed E-state index contributed by atoms with van der Waals surface area (Å²) < 4.78 is 0. The van der Waals surface area contributed by atoms with E-state index in [0.29, 0.717) is 12.6 Å². The van der Waals surface area contributed by atoms with Crippen LogP contribution >= 0.6 is 11.6 Å². The molecule has 21 heavy (non-hydrogen) atoms. The van der Waals surface area contributed by atoms with Gasteiger partial charge in [0.2, 0.25) is 0 Å². The lowest BCUT2D eigenvalue weighted by Crippen LogP contribution is -2.50. The molecule has 120 valence electrons. The van der Waals surface area contributed by atoms with Crippen molar-refractivity contribution in [2.24, 2.45) is 5.73 Å². The number of unbranched alkanes of at least 4 members (excludes halogenated alkanes) is 3. The Bertz CT molecular complexity index is 404. The van der Waals surface area contributed by atoms with Crippen LogP contribution in [0.15, 0.2) is 24.3 Å². The van der Waals surface area contributed by atoms with Gasteiger partial charge in [-0.05, 0) is 45.0 Å². The van der Waals surface area contributed by atoms with Gasteiger partial charge in [-0.3, -0.25) is 4.90 Å². The van der Waals surface area contributed by atoms with Crippen molar-refractivity contribution in [1.29, 1.82) is 0 Å². The first-order valence-electron chi connectivity index (χ1n) is 8.13. The molecular weight excluding hydrogens is 280 g/mol. The van der Waals surface area contributed by atoms with Gasteiger partial charge in [0.1, 0.15) is 0 Å². The van der Waals surface area contributed by atoms with Crippen LogP contribution in [-0.4, -0.2) is 24.0 Å². The summed E-state index contributed by atoms with van der Waals surface area (Å²) in [5.41, 5.74) is 7.44. The van der Waals surface area contributed by atoms with Crippen molar-refractivity contribution in [2.75, 3.05) is 13.6 Å². The SMILES string of the molecule is CCCCCCC(C)(CN)N(C)C(C)c1ccc(Cl)cc1. The lowest BCUT2D eigenvalue weighted by Gasteiger charge is -2.42. The van der Waals surface area contributed by atoms with Crippen molar-refractivity contribution in [2.45, 2.75) is 64.5 Å². The van der Waals surface area contributed by atoms with Crippen molar-refractivity contribution in [3.05, 3.63) is 34.9 Å². The molecule has 0 radical (unpaired) electrons. The minimum Gasteiger partial charge on any atom is -0.329 e. The molecule has 0 heterocycles. The predicted octanol–water partition coefficient (Wildman–Crippen LogP) is 5.02. The number of hydrogen-bond acceptors (Lipinski definition) is 2. The van der Waals surface area contributed by atoms with Crippen LogP contribution in [0.3, 0.4) is 0 Å². The molecule has 0 aliphatic rings. The average Bonchev–Trinajstić information content (AvgIpc) is 2.50. The van der Waals surface area contributed by atoms with Gasteiger partial charge in [-0.2, -0.15) is 0 Å². The number of benzene rings is 1. The summed E-state index contributed by atoms with van der Waals surface area (Å²) in [5.74, 6) is 0. The summed E-state index contributed by atoms with van der Waals surface area (Å²) in [5, 5.41) is 0.787. The molecule has 0 fully saturated rings. The fourth-order valence-corrected chi connectivity index (χ4v) is 2.91. The fraction of sp³-hybridized carbons (Fsp3) is 0.667. The van der Waals surface area contributed by atoms with Gasteiger partial charge < -0.3 is 5.73 Å². The highest BCUT2D eigenvalue weighted by molar-refractivity contribution is 6.30. The molecule has 1 aromatic rings. The molecule has 0 saturated carbocycles. The molecule has 1 rings (SSSR count). The Morgan fingerprint density at radius 3 is 2.33 bits per heavy atom. The van der Waals surface area contributed by atoms with E-state index in [0.717, 1.165) is 11.4 Å². The highest BCUT2D eigenvalue weighted by Gasteiger charge is 2.30. The van der Waals surface area contributed by atoms with E-state index in [-0.39, 0.29) is 5.54 Å². The quantitative estimate of drug-likeness (QED) is 0.649. The van der Waals surface area contributed by atoms with Crippen molar-refractivity contribution in [1.82, 2.24) is 4.90 Å². The zero-order valence-corrected chi connectivity index (χ0v) is 14.8. The first kappa shape index (κ1) is 18.5. The van der Waals surface area contributed by atoms with E-state index in [2.05, 4.69) is 44.9 Å². The molecule has 0 aliphatic carbocycles. The lowest BCUT2D eigenvalue weighted by atomic mass is 9.90. The van der Waals surface area contributed by atoms with Crippen LogP contribution in [0.4, 0.5) is 0 Å². The Labute approximate surface area is 135 Å². The predicted molar refractivity (Wildman–Crippen MR) is 93.8 cm³/mol. The molecule has 0 bridgehead atoms. The first-order valence-corrected chi connectivity index (χ1v) is 8.51. The van der Waals surface area contributed by atoms with Crippen molar-refractivity contribution in [3.63, 3.8) is 0 Å². The van der Waals surface area contributed by atoms with E-state index >= 15 is 0 Å². The second kappa shape index (κ2) is 8.77. The van der Waals surface area contributed by atoms with Crippen LogP contribution < -0.4 is 5.73 Å². The molecule has 2 atom stereocenters. The Morgan fingerprint density at radius 1 is 1.19 bits per heavy atom. The third kappa shape index (κ3) is 5.28. The zero-order chi connectivity index (χ0) is 15.9. The monoisotopic (exact) mass is 310 g/mol. The van der Waals surface area contributed by atoms with Crippen LogP contribution in [-0.2, 0) is 0 Å². The Kier molecular flexibility index (Phi) is 7.72. The lowest BCUT2D eigenvalue weighted by molar-refractivity contribution is 0.0891. The average molecular weight is 311 g/mol. The maximum Gasteiger partial charge on any atom is 0.0406 e. The molecule has 0 saturated heterocycles. The highest BCUT2D eigenvalue weighted by Crippen LogP contribution is 2.30. The molecule has 2 nitrogen and oxygen atoms in total. The molecule has 2 unspecified atom stereocenters. The summed E-state index contributed by atoms with van der Waals surface area (Å²) in [6.07, 6.45) is 6.29. The third-order valence-electron chi connectivity index (χ3n) is 4.79. The minimum absolute atomic E-state index is 0.0484. The van der Waals surface area contributed by atoms with Crippen LogP contribution in [0, 0.1) is 0 Å². The molecule has 0 aromatic heterocycles. The Balaban J connectivity index is 2.71. The van der Waals surface area contributed by atoms with Crippen molar-refractivity contribution < 1.29 is 0 Å². The molecular formula is C18H31ClN2. The smallest absolute Gasteiger partial charge is 0.0406 e. The topological polar surface area (TPSA) is 29.3 Å². The van der Waals surface area contributed by atoms with Crippen LogP contribution in [0.2, 0.25) is 5.02 Å². The maximum absolute atomic E-state index is 6.10. The standard InChI is InChI=1S/C18H31ClN2/c1-5-6-7-8-13-18(3,14-20)21(4)15(2)16-9-11-17(19)12-10-16/h9-12,15H,5-8,13-14,20H2,1-4H3. The van der Waals surface area contributed by atoms with Gasteiger partial charge in [-0.25, -0.2) is 0 Å². The van der Waals surface area contributed by atoms with Crippen molar-refractivity contribution in [3.8, 4) is 0 Å². The van der Waals surface area contributed by atoms with E-state index in [1.165, 1.54) is 31.2 Å². The van der Waals surface area contributed by atoms with Gasteiger partial charge in [0.25, 0.3) is 0 Å². The molecule has 0 aliphatic heterocycles. The summed E-state index contributed by atoms with van der Waals surface area (Å²) in [6, 6.07) is 8.47. The van der Waals surface area contributed by atoms with Crippen LogP contribution in [0.1, 0.15) is 64.5 Å². The largest absolute Gasteiger partial charge is 0.329 e. The van der Waals surface area contributed by atoms with E-state index in [1.807, 2.05) is 12.1 Å². The van der Waals surface area contributed by atoms with E-state index < -0.39 is 0 Å². The maximum atomic E-state index is 6.10. The second-order valence-corrected chi connectivity index (χ2v) is 6.79. The third-order valence-corrected chi connectivity index (χ3v) is 5.05. The van der Waals surface area contributed by atoms with Crippen molar-refractivity contribution >= 4 is 11.6 Å². The number of nitrogens with zero attached hydrogens (tertiary/aromatic N) is 1. The fourth-order valence-electron chi connectivity index (χ4n) is 2.79. The van der Waals surface area contributed by atoms with Crippen LogP contribution in [0.25, 0.3) is 0 Å². The Morgan fingerprint density at radius 2 is 1.81 bits per heavy atom. The van der Waals surface area contributed by atoms with Gasteiger partial charge in [-0.1, -0.05) is 56.3 Å². The van der Waals surface area contributed by atoms with Gasteiger partial charge in [0.05, 0.1) is 0 Å². The van der Waals surface area contributed by atoms with E-state index in [1.54, 1.807) is 0 Å². The van der Waals surface area contributed by atoms with E-state index in [9.17, 15) is 0 Å². The summed E-state index contributed by atoms with van der Waals surface area (Å²) in [4.78, 5) is 2.42. The number of halogens is 1. The second-order valence-electron chi connectivity index (χ2n) is 6.35. The highest BCUT2D eigenvalue weighted by atomic mass is 35.5. The summed E-state index contributed by atoms with van der Waals surface area (Å²) in [6.45, 7) is 7.46. The summed E-state index contributed by atoms with van der Waals surface area (Å²) in [7, 11) is 2.19. The van der Waals surface area contributed by atoms with E-state index in [4.69, 9.17) is 17.3 Å². The number of hydrogen-bond donors (Lipinski definition) is 1. The molecule has 0 amide bonds. The molecule has 1 aromatic carbocycles. The van der Waals surface area contributed by atoms with Gasteiger partial charge in [0.15, 0.2) is 0 Å². The first-order chi connectivity index (χ1) is 9.94. The van der Waals surface area contributed by atoms with Gasteiger partial charge in [-0.15, -0.1) is 0 Å². The number of likely N-dealkylation sites (N-methyl/N-ethyl adjacent to an activating group) is 1. The summed E-state index contributed by atoms with van der Waals surface area (Å²) >= 11 is 5.98. The van der Waals surface area contributed by atoms with Crippen LogP contribution in [0.5, 0.6) is 0 Å². The zero-order valence-electron chi connectivity index (χ0n) is 14.0. The molecule has 2 N–H and O–H groups in total. The molecule has 3 heteroatoms.